The van der Waals surface area contributed by atoms with Gasteiger partial charge in [0.1, 0.15) is 5.78 Å². The average molecular weight is 166 g/mol. The number of Topliss-reactive ketones (excluding diaryl/α,β-unsaturated/α-hetero) is 1. The summed E-state index contributed by atoms with van der Waals surface area (Å²) in [5.74, 6) is 1.33. The topological polar surface area (TPSA) is 17.1 Å². The fourth-order valence-electron chi connectivity index (χ4n) is 1.93. The van der Waals surface area contributed by atoms with Crippen LogP contribution in [-0.2, 0) is 4.79 Å². The van der Waals surface area contributed by atoms with Crippen LogP contribution >= 0.6 is 0 Å². The molecule has 12 heavy (non-hydrogen) atoms. The Morgan fingerprint density at radius 2 is 2.08 bits per heavy atom. The Bertz CT molecular complexity index is 213. The van der Waals surface area contributed by atoms with E-state index in [1.165, 1.54) is 5.57 Å². The Hall–Kier alpha value is -0.590. The van der Waals surface area contributed by atoms with Gasteiger partial charge < -0.3 is 0 Å². The van der Waals surface area contributed by atoms with Crippen molar-refractivity contribution in [2.24, 2.45) is 17.8 Å². The van der Waals surface area contributed by atoms with Crippen LogP contribution in [0.5, 0.6) is 0 Å². The largest absolute Gasteiger partial charge is 0.299 e. The number of allylic oxidation sites excluding steroid dienone is 2. The molecule has 1 heteroatoms. The monoisotopic (exact) mass is 166 g/mol. The first-order valence-electron chi connectivity index (χ1n) is 4.73. The predicted molar refractivity (Wildman–Crippen MR) is 50.9 cm³/mol. The van der Waals surface area contributed by atoms with E-state index < -0.39 is 0 Å². The predicted octanol–water partition coefficient (Wildman–Crippen LogP) is 2.81. The third-order valence-corrected chi connectivity index (χ3v) is 2.70. The molecule has 2 atom stereocenters. The van der Waals surface area contributed by atoms with Crippen LogP contribution in [0.2, 0.25) is 0 Å². The van der Waals surface area contributed by atoms with Crippen LogP contribution in [0, 0.1) is 17.8 Å². The molecule has 0 saturated carbocycles. The second-order valence-electron chi connectivity index (χ2n) is 4.26. The van der Waals surface area contributed by atoms with Crippen molar-refractivity contribution in [3.05, 3.63) is 11.6 Å². The van der Waals surface area contributed by atoms with Crippen LogP contribution in [0.3, 0.4) is 0 Å². The zero-order valence-corrected chi connectivity index (χ0v) is 8.42. The lowest BCUT2D eigenvalue weighted by Crippen LogP contribution is -2.28. The standard InChI is InChI=1S/C11H18O/c1-7(2)10-6-8(3)5-9(4)11(10)12/h5,7,9-10H,6H2,1-4H3/t9-,10-/m0/s1. The molecule has 0 aliphatic heterocycles. The third-order valence-electron chi connectivity index (χ3n) is 2.70. The second-order valence-corrected chi connectivity index (χ2v) is 4.26. The molecule has 0 aromatic heterocycles. The molecule has 1 nitrogen and oxygen atoms in total. The Morgan fingerprint density at radius 3 is 2.58 bits per heavy atom. The van der Waals surface area contributed by atoms with E-state index in [0.717, 1.165) is 6.42 Å². The zero-order valence-electron chi connectivity index (χ0n) is 8.42. The molecule has 0 radical (unpaired) electrons. The smallest absolute Gasteiger partial charge is 0.143 e. The maximum Gasteiger partial charge on any atom is 0.143 e. The summed E-state index contributed by atoms with van der Waals surface area (Å²) in [7, 11) is 0. The van der Waals surface area contributed by atoms with E-state index >= 15 is 0 Å². The third kappa shape index (κ3) is 1.77. The van der Waals surface area contributed by atoms with E-state index in [9.17, 15) is 4.79 Å². The van der Waals surface area contributed by atoms with Crippen molar-refractivity contribution in [3.8, 4) is 0 Å². The molecule has 0 saturated heterocycles. The molecule has 0 amide bonds. The molecular formula is C11H18O. The van der Waals surface area contributed by atoms with E-state index in [2.05, 4.69) is 26.8 Å². The summed E-state index contributed by atoms with van der Waals surface area (Å²) in [6, 6.07) is 0. The summed E-state index contributed by atoms with van der Waals surface area (Å²) in [5, 5.41) is 0. The van der Waals surface area contributed by atoms with Gasteiger partial charge in [-0.25, -0.2) is 0 Å². The van der Waals surface area contributed by atoms with Gasteiger partial charge in [-0.15, -0.1) is 0 Å². The molecule has 0 aromatic carbocycles. The fraction of sp³-hybridized carbons (Fsp3) is 0.727. The molecule has 0 N–H and O–H groups in total. The molecule has 1 aliphatic carbocycles. The fourth-order valence-corrected chi connectivity index (χ4v) is 1.93. The maximum atomic E-state index is 11.7. The van der Waals surface area contributed by atoms with Gasteiger partial charge in [0.2, 0.25) is 0 Å². The number of ketones is 1. The lowest BCUT2D eigenvalue weighted by Gasteiger charge is -2.26. The van der Waals surface area contributed by atoms with E-state index in [4.69, 9.17) is 0 Å². The number of carbonyl (C=O) groups excluding carboxylic acids is 1. The zero-order chi connectivity index (χ0) is 9.30. The van der Waals surface area contributed by atoms with Crippen LogP contribution in [0.1, 0.15) is 34.1 Å². The van der Waals surface area contributed by atoms with Gasteiger partial charge in [0.25, 0.3) is 0 Å². The van der Waals surface area contributed by atoms with E-state index in [0.29, 0.717) is 11.7 Å². The first-order valence-corrected chi connectivity index (χ1v) is 4.73. The summed E-state index contributed by atoms with van der Waals surface area (Å²) in [4.78, 5) is 11.7. The molecule has 0 unspecified atom stereocenters. The van der Waals surface area contributed by atoms with Crippen molar-refractivity contribution >= 4 is 5.78 Å². The summed E-state index contributed by atoms with van der Waals surface area (Å²) in [5.41, 5.74) is 1.38. The lowest BCUT2D eigenvalue weighted by atomic mass is 9.77. The van der Waals surface area contributed by atoms with Crippen LogP contribution in [-0.4, -0.2) is 5.78 Å². The molecule has 0 spiro atoms. The number of rotatable bonds is 1. The van der Waals surface area contributed by atoms with Crippen LogP contribution in [0.4, 0.5) is 0 Å². The molecule has 68 valence electrons. The highest BCUT2D eigenvalue weighted by molar-refractivity contribution is 5.86. The molecule has 1 aliphatic rings. The Balaban J connectivity index is 2.81. The summed E-state index contributed by atoms with van der Waals surface area (Å²) in [6.45, 7) is 8.39. The molecule has 0 heterocycles. The Kier molecular flexibility index (Phi) is 2.71. The highest BCUT2D eigenvalue weighted by Crippen LogP contribution is 2.29. The molecule has 1 rings (SSSR count). The van der Waals surface area contributed by atoms with Gasteiger partial charge in [-0.1, -0.05) is 32.4 Å². The van der Waals surface area contributed by atoms with E-state index in [1.807, 2.05) is 6.92 Å². The minimum Gasteiger partial charge on any atom is -0.299 e. The normalized spacial score (nSPS) is 30.8. The summed E-state index contributed by atoms with van der Waals surface area (Å²) in [6.07, 6.45) is 3.07. The lowest BCUT2D eigenvalue weighted by molar-refractivity contribution is -0.126. The highest BCUT2D eigenvalue weighted by Gasteiger charge is 2.29. The second kappa shape index (κ2) is 3.42. The number of carbonyl (C=O) groups is 1. The van der Waals surface area contributed by atoms with Crippen molar-refractivity contribution in [2.75, 3.05) is 0 Å². The average Bonchev–Trinajstić information content (AvgIpc) is 1.96. The van der Waals surface area contributed by atoms with Crippen molar-refractivity contribution in [1.29, 1.82) is 0 Å². The van der Waals surface area contributed by atoms with Crippen molar-refractivity contribution in [3.63, 3.8) is 0 Å². The van der Waals surface area contributed by atoms with Gasteiger partial charge in [-0.2, -0.15) is 0 Å². The first kappa shape index (κ1) is 9.50. The Morgan fingerprint density at radius 1 is 1.50 bits per heavy atom. The summed E-state index contributed by atoms with van der Waals surface area (Å²) >= 11 is 0. The van der Waals surface area contributed by atoms with Crippen LogP contribution < -0.4 is 0 Å². The maximum absolute atomic E-state index is 11.7. The van der Waals surface area contributed by atoms with Gasteiger partial charge in [-0.3, -0.25) is 4.79 Å². The summed E-state index contributed by atoms with van der Waals surface area (Å²) < 4.78 is 0. The van der Waals surface area contributed by atoms with Gasteiger partial charge >= 0.3 is 0 Å². The minimum absolute atomic E-state index is 0.145. The Labute approximate surface area is 74.9 Å². The van der Waals surface area contributed by atoms with Gasteiger partial charge in [0, 0.05) is 11.8 Å². The minimum atomic E-state index is 0.145. The first-order chi connectivity index (χ1) is 5.52. The molecule has 0 aromatic rings. The van der Waals surface area contributed by atoms with Gasteiger partial charge in [0.15, 0.2) is 0 Å². The van der Waals surface area contributed by atoms with Crippen LogP contribution in [0.15, 0.2) is 11.6 Å². The van der Waals surface area contributed by atoms with Crippen LogP contribution in [0.25, 0.3) is 0 Å². The van der Waals surface area contributed by atoms with Gasteiger partial charge in [0.05, 0.1) is 0 Å². The molecular weight excluding hydrogens is 148 g/mol. The van der Waals surface area contributed by atoms with E-state index in [-0.39, 0.29) is 11.8 Å². The highest BCUT2D eigenvalue weighted by atomic mass is 16.1. The quantitative estimate of drug-likeness (QED) is 0.547. The SMILES string of the molecule is CC1=C[C@H](C)C(=O)[C@H](C(C)C)C1. The molecule has 0 bridgehead atoms. The van der Waals surface area contributed by atoms with Crippen molar-refractivity contribution in [1.82, 2.24) is 0 Å². The molecule has 0 fully saturated rings. The van der Waals surface area contributed by atoms with E-state index in [1.54, 1.807) is 0 Å². The number of hydrogen-bond acceptors (Lipinski definition) is 1. The number of hydrogen-bond donors (Lipinski definition) is 0. The van der Waals surface area contributed by atoms with Crippen molar-refractivity contribution < 1.29 is 4.79 Å². The van der Waals surface area contributed by atoms with Gasteiger partial charge in [-0.05, 0) is 19.3 Å². The van der Waals surface area contributed by atoms with Crippen molar-refractivity contribution in [2.45, 2.75) is 34.1 Å².